The SMILES string of the molecule is COc1cc(NC(C)=O)[nH]n1. The number of amides is 1. The maximum Gasteiger partial charge on any atom is 0.234 e. The van der Waals surface area contributed by atoms with Crippen LogP contribution in [0.3, 0.4) is 0 Å². The molecule has 1 amide bonds. The number of aromatic amines is 1. The molecule has 0 fully saturated rings. The fraction of sp³-hybridized carbons (Fsp3) is 0.333. The van der Waals surface area contributed by atoms with E-state index < -0.39 is 0 Å². The summed E-state index contributed by atoms with van der Waals surface area (Å²) >= 11 is 0. The zero-order chi connectivity index (χ0) is 8.27. The average molecular weight is 155 g/mol. The minimum Gasteiger partial charge on any atom is -0.480 e. The molecule has 0 aliphatic carbocycles. The van der Waals surface area contributed by atoms with Crippen molar-refractivity contribution in [2.24, 2.45) is 0 Å². The summed E-state index contributed by atoms with van der Waals surface area (Å²) in [5.74, 6) is 0.847. The summed E-state index contributed by atoms with van der Waals surface area (Å²) in [4.78, 5) is 10.5. The second kappa shape index (κ2) is 3.05. The van der Waals surface area contributed by atoms with Gasteiger partial charge in [-0.25, -0.2) is 0 Å². The Kier molecular flexibility index (Phi) is 2.10. The number of methoxy groups -OCH3 is 1. The van der Waals surface area contributed by atoms with Gasteiger partial charge >= 0.3 is 0 Å². The van der Waals surface area contributed by atoms with Crippen molar-refractivity contribution in [2.75, 3.05) is 12.4 Å². The topological polar surface area (TPSA) is 67.0 Å². The smallest absolute Gasteiger partial charge is 0.234 e. The highest BCUT2D eigenvalue weighted by Gasteiger charge is 2.00. The molecule has 0 radical (unpaired) electrons. The number of hydrogen-bond donors (Lipinski definition) is 2. The molecule has 5 nitrogen and oxygen atoms in total. The van der Waals surface area contributed by atoms with Gasteiger partial charge in [-0.2, -0.15) is 0 Å². The van der Waals surface area contributed by atoms with Crippen LogP contribution >= 0.6 is 0 Å². The maximum atomic E-state index is 10.5. The summed E-state index contributed by atoms with van der Waals surface area (Å²) in [6.07, 6.45) is 0. The van der Waals surface area contributed by atoms with Gasteiger partial charge in [0.25, 0.3) is 0 Å². The monoisotopic (exact) mass is 155 g/mol. The van der Waals surface area contributed by atoms with Crippen molar-refractivity contribution in [3.63, 3.8) is 0 Å². The molecule has 0 saturated heterocycles. The van der Waals surface area contributed by atoms with Gasteiger partial charge in [-0.1, -0.05) is 0 Å². The molecule has 1 aromatic heterocycles. The Balaban J connectivity index is 2.65. The van der Waals surface area contributed by atoms with E-state index in [9.17, 15) is 4.79 Å². The number of carbonyl (C=O) groups excluding carboxylic acids is 1. The predicted octanol–water partition coefficient (Wildman–Crippen LogP) is 0.377. The van der Waals surface area contributed by atoms with E-state index in [1.165, 1.54) is 14.0 Å². The molecule has 1 rings (SSSR count). The number of H-pyrrole nitrogens is 1. The largest absolute Gasteiger partial charge is 0.480 e. The second-order valence-corrected chi connectivity index (χ2v) is 2.01. The molecule has 0 atom stereocenters. The molecular formula is C6H9N3O2. The minimum atomic E-state index is -0.142. The summed E-state index contributed by atoms with van der Waals surface area (Å²) in [7, 11) is 1.51. The van der Waals surface area contributed by atoms with Crippen molar-refractivity contribution in [2.45, 2.75) is 6.92 Å². The van der Waals surface area contributed by atoms with Gasteiger partial charge in [-0.05, 0) is 0 Å². The first-order chi connectivity index (χ1) is 5.22. The first-order valence-corrected chi connectivity index (χ1v) is 3.09. The minimum absolute atomic E-state index is 0.142. The van der Waals surface area contributed by atoms with Gasteiger partial charge in [-0.3, -0.25) is 9.89 Å². The van der Waals surface area contributed by atoms with Gasteiger partial charge in [-0.15, -0.1) is 5.10 Å². The molecule has 11 heavy (non-hydrogen) atoms. The van der Waals surface area contributed by atoms with Crippen LogP contribution in [0.25, 0.3) is 0 Å². The highest BCUT2D eigenvalue weighted by molar-refractivity contribution is 5.87. The summed E-state index contributed by atoms with van der Waals surface area (Å²) in [6.45, 7) is 1.42. The molecule has 0 aromatic carbocycles. The van der Waals surface area contributed by atoms with E-state index in [1.807, 2.05) is 0 Å². The van der Waals surface area contributed by atoms with Crippen molar-refractivity contribution in [3.05, 3.63) is 6.07 Å². The molecule has 0 aliphatic heterocycles. The summed E-state index contributed by atoms with van der Waals surface area (Å²) < 4.78 is 4.78. The average Bonchev–Trinajstić information content (AvgIpc) is 2.34. The number of nitrogens with zero attached hydrogens (tertiary/aromatic N) is 1. The van der Waals surface area contributed by atoms with Crippen molar-refractivity contribution in [1.82, 2.24) is 10.2 Å². The van der Waals surface area contributed by atoms with Crippen molar-refractivity contribution in [3.8, 4) is 5.88 Å². The molecule has 2 N–H and O–H groups in total. The molecule has 1 aromatic rings. The predicted molar refractivity (Wildman–Crippen MR) is 39.4 cm³/mol. The van der Waals surface area contributed by atoms with E-state index in [-0.39, 0.29) is 5.91 Å². The molecule has 1 heterocycles. The maximum absolute atomic E-state index is 10.5. The second-order valence-electron chi connectivity index (χ2n) is 2.01. The number of hydrogen-bond acceptors (Lipinski definition) is 3. The highest BCUT2D eigenvalue weighted by atomic mass is 16.5. The van der Waals surface area contributed by atoms with Gasteiger partial charge in [0.1, 0.15) is 5.82 Å². The third kappa shape index (κ3) is 1.96. The van der Waals surface area contributed by atoms with Gasteiger partial charge < -0.3 is 10.1 Å². The molecule has 5 heteroatoms. The van der Waals surface area contributed by atoms with Crippen LogP contribution in [-0.2, 0) is 4.79 Å². The van der Waals surface area contributed by atoms with Crippen molar-refractivity contribution >= 4 is 11.7 Å². The lowest BCUT2D eigenvalue weighted by Crippen LogP contribution is -2.05. The fourth-order valence-corrected chi connectivity index (χ4v) is 0.662. The number of anilines is 1. The van der Waals surface area contributed by atoms with Gasteiger partial charge in [0.2, 0.25) is 11.8 Å². The molecule has 0 bridgehead atoms. The van der Waals surface area contributed by atoms with Crippen LogP contribution in [0.5, 0.6) is 5.88 Å². The van der Waals surface area contributed by atoms with Crippen LogP contribution in [0, 0.1) is 0 Å². The van der Waals surface area contributed by atoms with Crippen LogP contribution in [-0.4, -0.2) is 23.2 Å². The first-order valence-electron chi connectivity index (χ1n) is 3.09. The third-order valence-corrected chi connectivity index (χ3v) is 1.07. The van der Waals surface area contributed by atoms with Crippen molar-refractivity contribution < 1.29 is 9.53 Å². The lowest BCUT2D eigenvalue weighted by molar-refractivity contribution is -0.114. The summed E-state index contributed by atoms with van der Waals surface area (Å²) in [6, 6.07) is 1.60. The molecule has 0 saturated carbocycles. The Labute approximate surface area is 63.7 Å². The molecule has 0 aliphatic rings. The van der Waals surface area contributed by atoms with E-state index in [2.05, 4.69) is 15.5 Å². The zero-order valence-corrected chi connectivity index (χ0v) is 6.34. The Morgan fingerprint density at radius 2 is 2.55 bits per heavy atom. The lowest BCUT2D eigenvalue weighted by atomic mass is 10.6. The normalized spacial score (nSPS) is 9.27. The fourth-order valence-electron chi connectivity index (χ4n) is 0.662. The van der Waals surface area contributed by atoms with E-state index in [0.29, 0.717) is 11.7 Å². The Morgan fingerprint density at radius 1 is 1.82 bits per heavy atom. The zero-order valence-electron chi connectivity index (χ0n) is 6.34. The van der Waals surface area contributed by atoms with Crippen LogP contribution in [0.4, 0.5) is 5.82 Å². The quantitative estimate of drug-likeness (QED) is 0.648. The molecule has 60 valence electrons. The molecule has 0 unspecified atom stereocenters. The summed E-state index contributed by atoms with van der Waals surface area (Å²) in [5, 5.41) is 8.83. The third-order valence-electron chi connectivity index (χ3n) is 1.07. The summed E-state index contributed by atoms with van der Waals surface area (Å²) in [5.41, 5.74) is 0. The molecular weight excluding hydrogens is 146 g/mol. The first kappa shape index (κ1) is 7.59. The Morgan fingerprint density at radius 3 is 3.00 bits per heavy atom. The van der Waals surface area contributed by atoms with Crippen LogP contribution in [0.1, 0.15) is 6.92 Å². The van der Waals surface area contributed by atoms with Crippen LogP contribution in [0.2, 0.25) is 0 Å². The van der Waals surface area contributed by atoms with E-state index in [0.717, 1.165) is 0 Å². The van der Waals surface area contributed by atoms with Crippen LogP contribution in [0.15, 0.2) is 6.07 Å². The van der Waals surface area contributed by atoms with Crippen molar-refractivity contribution in [1.29, 1.82) is 0 Å². The standard InChI is InChI=1S/C6H9N3O2/c1-4(10)7-5-3-6(11-2)9-8-5/h3H,1-2H3,(H2,7,8,9,10). The number of aromatic nitrogens is 2. The van der Waals surface area contributed by atoms with Gasteiger partial charge in [0.05, 0.1) is 7.11 Å². The van der Waals surface area contributed by atoms with E-state index >= 15 is 0 Å². The Hall–Kier alpha value is -1.52. The highest BCUT2D eigenvalue weighted by Crippen LogP contribution is 2.10. The van der Waals surface area contributed by atoms with Crippen LogP contribution < -0.4 is 10.1 Å². The van der Waals surface area contributed by atoms with E-state index in [4.69, 9.17) is 4.74 Å². The number of nitrogens with one attached hydrogen (secondary N) is 2. The number of carbonyl (C=O) groups is 1. The number of ether oxygens (including phenoxy) is 1. The molecule has 0 spiro atoms. The van der Waals surface area contributed by atoms with E-state index in [1.54, 1.807) is 6.07 Å². The number of rotatable bonds is 2. The van der Waals surface area contributed by atoms with Gasteiger partial charge in [0, 0.05) is 13.0 Å². The van der Waals surface area contributed by atoms with Gasteiger partial charge in [0.15, 0.2) is 0 Å². The Bertz CT molecular complexity index is 256. The lowest BCUT2D eigenvalue weighted by Gasteiger charge is -1.92.